The number of anilines is 3. The molecule has 0 amide bonds. The summed E-state index contributed by atoms with van der Waals surface area (Å²) in [6.45, 7) is 5.48. The summed E-state index contributed by atoms with van der Waals surface area (Å²) in [5.74, 6) is 2.69. The zero-order valence-corrected chi connectivity index (χ0v) is 12.3. The number of aromatic nitrogens is 3. The number of rotatable bonds is 6. The molecule has 7 nitrogen and oxygen atoms in total. The van der Waals surface area contributed by atoms with Gasteiger partial charge in [-0.2, -0.15) is 4.98 Å². The van der Waals surface area contributed by atoms with Crippen LogP contribution in [0.1, 0.15) is 11.5 Å². The molecule has 7 heteroatoms. The average Bonchev–Trinajstić information content (AvgIpc) is 2.73. The van der Waals surface area contributed by atoms with Crippen LogP contribution in [-0.2, 0) is 0 Å². The van der Waals surface area contributed by atoms with Crippen LogP contribution in [0.15, 0.2) is 16.7 Å². The molecule has 0 bridgehead atoms. The summed E-state index contributed by atoms with van der Waals surface area (Å²) < 4.78 is 5.01. The Balaban J connectivity index is 2.04. The predicted octanol–water partition coefficient (Wildman–Crippen LogP) is 1.80. The maximum absolute atomic E-state index is 5.01. The van der Waals surface area contributed by atoms with Crippen LogP contribution in [0.25, 0.3) is 0 Å². The van der Waals surface area contributed by atoms with Crippen LogP contribution >= 0.6 is 0 Å². The second-order valence-electron chi connectivity index (χ2n) is 4.90. The zero-order valence-electron chi connectivity index (χ0n) is 12.3. The smallest absolute Gasteiger partial charge is 0.224 e. The molecule has 0 unspecified atom stereocenters. The van der Waals surface area contributed by atoms with E-state index in [-0.39, 0.29) is 0 Å². The van der Waals surface area contributed by atoms with Gasteiger partial charge in [-0.25, -0.2) is 4.98 Å². The van der Waals surface area contributed by atoms with E-state index in [1.54, 1.807) is 0 Å². The molecule has 2 N–H and O–H groups in total. The molecule has 0 aromatic carbocycles. The SMILES string of the molecule is Cc1cc(Nc2cc(C)on2)nc(NCCN(C)C)n1. The van der Waals surface area contributed by atoms with E-state index in [1.807, 2.05) is 40.1 Å². The first-order chi connectivity index (χ1) is 9.52. The third-order valence-corrected chi connectivity index (χ3v) is 2.58. The van der Waals surface area contributed by atoms with E-state index in [0.29, 0.717) is 17.6 Å². The van der Waals surface area contributed by atoms with Crippen molar-refractivity contribution in [3.63, 3.8) is 0 Å². The molecule has 0 aliphatic rings. The first-order valence-electron chi connectivity index (χ1n) is 6.47. The van der Waals surface area contributed by atoms with Gasteiger partial charge in [0.2, 0.25) is 5.95 Å². The van der Waals surface area contributed by atoms with Gasteiger partial charge >= 0.3 is 0 Å². The van der Waals surface area contributed by atoms with Crippen LogP contribution in [0.4, 0.5) is 17.6 Å². The highest BCUT2D eigenvalue weighted by Crippen LogP contribution is 2.16. The van der Waals surface area contributed by atoms with Crippen molar-refractivity contribution in [2.75, 3.05) is 37.8 Å². The molecule has 0 saturated carbocycles. The van der Waals surface area contributed by atoms with Crippen LogP contribution < -0.4 is 10.6 Å². The van der Waals surface area contributed by atoms with Gasteiger partial charge in [0.15, 0.2) is 5.82 Å². The molecule has 2 rings (SSSR count). The summed E-state index contributed by atoms with van der Waals surface area (Å²) in [7, 11) is 4.05. The highest BCUT2D eigenvalue weighted by Gasteiger charge is 2.05. The molecule has 2 heterocycles. The lowest BCUT2D eigenvalue weighted by molar-refractivity contribution is 0.400. The van der Waals surface area contributed by atoms with E-state index in [2.05, 4.69) is 30.7 Å². The van der Waals surface area contributed by atoms with Gasteiger partial charge in [-0.05, 0) is 27.9 Å². The zero-order chi connectivity index (χ0) is 14.5. The van der Waals surface area contributed by atoms with Crippen LogP contribution in [0.3, 0.4) is 0 Å². The molecular weight excluding hydrogens is 256 g/mol. The highest BCUT2D eigenvalue weighted by molar-refractivity contribution is 5.53. The molecule has 2 aromatic rings. The van der Waals surface area contributed by atoms with E-state index in [9.17, 15) is 0 Å². The number of aryl methyl sites for hydroxylation is 2. The topological polar surface area (TPSA) is 79.1 Å². The largest absolute Gasteiger partial charge is 0.360 e. The quantitative estimate of drug-likeness (QED) is 0.832. The van der Waals surface area contributed by atoms with Gasteiger partial charge in [0.1, 0.15) is 11.6 Å². The van der Waals surface area contributed by atoms with Gasteiger partial charge in [-0.1, -0.05) is 5.16 Å². The van der Waals surface area contributed by atoms with E-state index in [4.69, 9.17) is 4.52 Å². The van der Waals surface area contributed by atoms with Gasteiger partial charge in [0.25, 0.3) is 0 Å². The lowest BCUT2D eigenvalue weighted by Gasteiger charge is -2.11. The Hall–Kier alpha value is -2.15. The van der Waals surface area contributed by atoms with Gasteiger partial charge in [0, 0.05) is 30.9 Å². The van der Waals surface area contributed by atoms with Crippen molar-refractivity contribution in [1.29, 1.82) is 0 Å². The second kappa shape index (κ2) is 6.33. The molecular formula is C13H20N6O. The molecule has 0 atom stereocenters. The summed E-state index contributed by atoms with van der Waals surface area (Å²) in [5.41, 5.74) is 0.884. The average molecular weight is 276 g/mol. The molecule has 0 fully saturated rings. The Labute approximate surface area is 118 Å². The molecule has 0 saturated heterocycles. The van der Waals surface area contributed by atoms with E-state index in [1.165, 1.54) is 0 Å². The summed E-state index contributed by atoms with van der Waals surface area (Å²) in [5, 5.41) is 10.2. The number of nitrogens with zero attached hydrogens (tertiary/aromatic N) is 4. The van der Waals surface area contributed by atoms with Crippen molar-refractivity contribution < 1.29 is 4.52 Å². The highest BCUT2D eigenvalue weighted by atomic mass is 16.5. The maximum Gasteiger partial charge on any atom is 0.224 e. The Morgan fingerprint density at radius 2 is 1.95 bits per heavy atom. The fourth-order valence-electron chi connectivity index (χ4n) is 1.66. The van der Waals surface area contributed by atoms with E-state index >= 15 is 0 Å². The Kier molecular flexibility index (Phi) is 4.52. The summed E-state index contributed by atoms with van der Waals surface area (Å²) in [6.07, 6.45) is 0. The molecule has 0 radical (unpaired) electrons. The van der Waals surface area contributed by atoms with Crippen LogP contribution in [0, 0.1) is 13.8 Å². The molecule has 108 valence electrons. The minimum absolute atomic E-state index is 0.606. The molecule has 0 spiro atoms. The van der Waals surface area contributed by atoms with Crippen LogP contribution in [-0.4, -0.2) is 47.2 Å². The lowest BCUT2D eigenvalue weighted by Crippen LogP contribution is -2.21. The van der Waals surface area contributed by atoms with Gasteiger partial charge in [0.05, 0.1) is 0 Å². The molecule has 0 aliphatic carbocycles. The van der Waals surface area contributed by atoms with Gasteiger partial charge < -0.3 is 20.1 Å². The first kappa shape index (κ1) is 14.3. The Bertz CT molecular complexity index is 566. The monoisotopic (exact) mass is 276 g/mol. The second-order valence-corrected chi connectivity index (χ2v) is 4.90. The molecule has 20 heavy (non-hydrogen) atoms. The number of likely N-dealkylation sites (N-methyl/N-ethyl adjacent to an activating group) is 1. The maximum atomic E-state index is 5.01. The fraction of sp³-hybridized carbons (Fsp3) is 0.462. The lowest BCUT2D eigenvalue weighted by atomic mass is 10.4. The number of hydrogen-bond donors (Lipinski definition) is 2. The number of nitrogens with one attached hydrogen (secondary N) is 2. The van der Waals surface area contributed by atoms with Crippen molar-refractivity contribution in [2.24, 2.45) is 0 Å². The van der Waals surface area contributed by atoms with Crippen molar-refractivity contribution in [2.45, 2.75) is 13.8 Å². The number of hydrogen-bond acceptors (Lipinski definition) is 7. The minimum atomic E-state index is 0.606. The summed E-state index contributed by atoms with van der Waals surface area (Å²) >= 11 is 0. The third-order valence-electron chi connectivity index (χ3n) is 2.58. The molecule has 0 aliphatic heterocycles. The summed E-state index contributed by atoms with van der Waals surface area (Å²) in [4.78, 5) is 10.9. The van der Waals surface area contributed by atoms with Crippen molar-refractivity contribution in [3.05, 3.63) is 23.6 Å². The van der Waals surface area contributed by atoms with E-state index < -0.39 is 0 Å². The fourth-order valence-corrected chi connectivity index (χ4v) is 1.66. The van der Waals surface area contributed by atoms with Crippen molar-refractivity contribution >= 4 is 17.6 Å². The van der Waals surface area contributed by atoms with Crippen LogP contribution in [0.2, 0.25) is 0 Å². The van der Waals surface area contributed by atoms with Crippen molar-refractivity contribution in [1.82, 2.24) is 20.0 Å². The third kappa shape index (κ3) is 4.20. The normalized spacial score (nSPS) is 10.8. The summed E-state index contributed by atoms with van der Waals surface area (Å²) in [6, 6.07) is 3.68. The van der Waals surface area contributed by atoms with Gasteiger partial charge in [-0.3, -0.25) is 0 Å². The standard InChI is InChI=1S/C13H20N6O/c1-9-7-11(16-12-8-10(2)20-18-12)17-13(15-9)14-5-6-19(3)4/h7-8H,5-6H2,1-4H3,(H2,14,15,16,17,18). The Morgan fingerprint density at radius 1 is 1.15 bits per heavy atom. The predicted molar refractivity (Wildman–Crippen MR) is 78.3 cm³/mol. The molecule has 2 aromatic heterocycles. The minimum Gasteiger partial charge on any atom is -0.360 e. The van der Waals surface area contributed by atoms with Crippen LogP contribution in [0.5, 0.6) is 0 Å². The first-order valence-corrected chi connectivity index (χ1v) is 6.47. The Morgan fingerprint density at radius 3 is 2.60 bits per heavy atom. The van der Waals surface area contributed by atoms with Crippen molar-refractivity contribution in [3.8, 4) is 0 Å². The van der Waals surface area contributed by atoms with E-state index in [0.717, 1.165) is 24.5 Å². The van der Waals surface area contributed by atoms with Gasteiger partial charge in [-0.15, -0.1) is 0 Å².